The van der Waals surface area contributed by atoms with Gasteiger partial charge in [0, 0.05) is 12.7 Å². The molecule has 6 heteroatoms. The van der Waals surface area contributed by atoms with E-state index in [1.54, 1.807) is 0 Å². The molecule has 0 fully saturated rings. The van der Waals surface area contributed by atoms with Crippen molar-refractivity contribution >= 4 is 11.6 Å². The van der Waals surface area contributed by atoms with Crippen LogP contribution in [-0.2, 0) is 6.54 Å². The fraction of sp³-hybridized carbons (Fsp3) is 0.429. The molecule has 0 aliphatic heterocycles. The summed E-state index contributed by atoms with van der Waals surface area (Å²) >= 11 is 0. The number of anilines is 1. The second-order valence-corrected chi connectivity index (χ2v) is 2.60. The highest BCUT2D eigenvalue weighted by Gasteiger charge is 2.10. The van der Waals surface area contributed by atoms with Crippen LogP contribution < -0.4 is 11.5 Å². The molecule has 0 spiro atoms. The smallest absolute Gasteiger partial charge is 0.271 e. The lowest BCUT2D eigenvalue weighted by Crippen LogP contribution is -2.14. The summed E-state index contributed by atoms with van der Waals surface area (Å²) < 4.78 is 13.2. The van der Waals surface area contributed by atoms with Crippen LogP contribution in [0.4, 0.5) is 10.1 Å². The Bertz CT molecular complexity index is 309. The van der Waals surface area contributed by atoms with Crippen LogP contribution in [0.25, 0.3) is 0 Å². The van der Waals surface area contributed by atoms with Crippen LogP contribution in [-0.4, -0.2) is 22.4 Å². The average Bonchev–Trinajstić information content (AvgIpc) is 2.43. The predicted octanol–water partition coefficient (Wildman–Crippen LogP) is -0.0762. The Hall–Kier alpha value is -1.59. The Kier molecular flexibility index (Phi) is 2.84. The van der Waals surface area contributed by atoms with Crippen molar-refractivity contribution in [3.05, 3.63) is 11.9 Å². The van der Waals surface area contributed by atoms with Crippen LogP contribution in [0.1, 0.15) is 16.9 Å². The zero-order valence-corrected chi connectivity index (χ0v) is 7.03. The minimum absolute atomic E-state index is 0.0406. The Morgan fingerprint density at radius 1 is 1.69 bits per heavy atom. The van der Waals surface area contributed by atoms with Crippen molar-refractivity contribution in [2.75, 3.05) is 12.4 Å². The minimum Gasteiger partial charge on any atom is -0.396 e. The average molecular weight is 186 g/mol. The maximum Gasteiger partial charge on any atom is 0.271 e. The summed E-state index contributed by atoms with van der Waals surface area (Å²) in [6.07, 6.45) is 1.81. The molecule has 0 saturated heterocycles. The van der Waals surface area contributed by atoms with Gasteiger partial charge >= 0.3 is 0 Å². The van der Waals surface area contributed by atoms with E-state index in [0.29, 0.717) is 13.0 Å². The van der Waals surface area contributed by atoms with E-state index in [1.165, 1.54) is 10.9 Å². The van der Waals surface area contributed by atoms with E-state index in [2.05, 4.69) is 5.10 Å². The number of nitrogens with two attached hydrogens (primary N) is 2. The van der Waals surface area contributed by atoms with Crippen molar-refractivity contribution in [1.82, 2.24) is 9.78 Å². The molecular weight excluding hydrogens is 175 g/mol. The van der Waals surface area contributed by atoms with E-state index < -0.39 is 12.6 Å². The summed E-state index contributed by atoms with van der Waals surface area (Å²) in [6, 6.07) is 0. The first-order valence-electron chi connectivity index (χ1n) is 3.84. The molecule has 72 valence electrons. The third kappa shape index (κ3) is 2.17. The van der Waals surface area contributed by atoms with E-state index in [1.807, 2.05) is 0 Å². The Balaban J connectivity index is 2.76. The van der Waals surface area contributed by atoms with Gasteiger partial charge in [-0.05, 0) is 6.42 Å². The number of carbonyl (C=O) groups is 1. The number of aryl methyl sites for hydroxylation is 1. The first-order chi connectivity index (χ1) is 6.15. The van der Waals surface area contributed by atoms with E-state index in [9.17, 15) is 9.18 Å². The van der Waals surface area contributed by atoms with Gasteiger partial charge < -0.3 is 11.5 Å². The molecule has 0 atom stereocenters. The standard InChI is InChI=1S/C7H11FN4O/c8-2-1-3-12-4-5(9)6(11-12)7(10)13/h4H,1-3,9H2,(H2,10,13). The van der Waals surface area contributed by atoms with Crippen molar-refractivity contribution in [1.29, 1.82) is 0 Å². The molecule has 0 saturated carbocycles. The van der Waals surface area contributed by atoms with Gasteiger partial charge in [-0.15, -0.1) is 0 Å². The van der Waals surface area contributed by atoms with E-state index >= 15 is 0 Å². The zero-order valence-electron chi connectivity index (χ0n) is 7.03. The highest BCUT2D eigenvalue weighted by Crippen LogP contribution is 2.08. The Labute approximate surface area is 74.5 Å². The number of nitrogens with zero attached hydrogens (tertiary/aromatic N) is 2. The van der Waals surface area contributed by atoms with E-state index in [-0.39, 0.29) is 11.4 Å². The molecule has 13 heavy (non-hydrogen) atoms. The molecule has 1 amide bonds. The van der Waals surface area contributed by atoms with Crippen LogP contribution in [0.3, 0.4) is 0 Å². The molecular formula is C7H11FN4O. The third-order valence-electron chi connectivity index (χ3n) is 1.54. The number of carbonyl (C=O) groups excluding carboxylic acids is 1. The summed E-state index contributed by atoms with van der Waals surface area (Å²) in [5, 5.41) is 3.80. The van der Waals surface area contributed by atoms with Gasteiger partial charge in [-0.1, -0.05) is 0 Å². The normalized spacial score (nSPS) is 10.2. The molecule has 0 aliphatic rings. The largest absolute Gasteiger partial charge is 0.396 e. The molecule has 4 N–H and O–H groups in total. The Morgan fingerprint density at radius 2 is 2.38 bits per heavy atom. The summed E-state index contributed by atoms with van der Waals surface area (Å²) in [5.41, 5.74) is 10.7. The second-order valence-electron chi connectivity index (χ2n) is 2.60. The number of nitrogen functional groups attached to an aromatic ring is 1. The number of alkyl halides is 1. The number of primary amides is 1. The van der Waals surface area contributed by atoms with Crippen LogP contribution in [0, 0.1) is 0 Å². The van der Waals surface area contributed by atoms with Gasteiger partial charge in [0.1, 0.15) is 0 Å². The molecule has 0 aliphatic carbocycles. The summed E-state index contributed by atoms with van der Waals surface area (Å²) in [5.74, 6) is -0.670. The van der Waals surface area contributed by atoms with Crippen molar-refractivity contribution in [3.8, 4) is 0 Å². The number of aromatic nitrogens is 2. The number of halogens is 1. The van der Waals surface area contributed by atoms with E-state index in [4.69, 9.17) is 11.5 Å². The summed E-state index contributed by atoms with van der Waals surface area (Å²) in [7, 11) is 0. The minimum atomic E-state index is -0.670. The molecule has 0 radical (unpaired) electrons. The molecule has 0 unspecified atom stereocenters. The summed E-state index contributed by atoms with van der Waals surface area (Å²) in [4.78, 5) is 10.7. The number of hydrogen-bond acceptors (Lipinski definition) is 3. The fourth-order valence-corrected chi connectivity index (χ4v) is 0.965. The molecule has 1 rings (SSSR count). The monoisotopic (exact) mass is 186 g/mol. The number of hydrogen-bond donors (Lipinski definition) is 2. The molecule has 1 aromatic rings. The van der Waals surface area contributed by atoms with Crippen molar-refractivity contribution in [2.24, 2.45) is 5.73 Å². The molecule has 1 aromatic heterocycles. The fourth-order valence-electron chi connectivity index (χ4n) is 0.965. The van der Waals surface area contributed by atoms with E-state index in [0.717, 1.165) is 0 Å². The van der Waals surface area contributed by atoms with Crippen LogP contribution in [0.15, 0.2) is 6.20 Å². The van der Waals surface area contributed by atoms with Crippen LogP contribution in [0.2, 0.25) is 0 Å². The second kappa shape index (κ2) is 3.88. The number of rotatable bonds is 4. The lowest BCUT2D eigenvalue weighted by molar-refractivity contribution is 0.0995. The summed E-state index contributed by atoms with van der Waals surface area (Å²) in [6.45, 7) is -0.0281. The molecule has 0 aromatic carbocycles. The van der Waals surface area contributed by atoms with Gasteiger partial charge in [-0.3, -0.25) is 13.9 Å². The van der Waals surface area contributed by atoms with Crippen molar-refractivity contribution in [2.45, 2.75) is 13.0 Å². The van der Waals surface area contributed by atoms with Gasteiger partial charge in [-0.2, -0.15) is 5.10 Å². The highest BCUT2D eigenvalue weighted by molar-refractivity contribution is 5.95. The van der Waals surface area contributed by atoms with Crippen molar-refractivity contribution < 1.29 is 9.18 Å². The van der Waals surface area contributed by atoms with Crippen molar-refractivity contribution in [3.63, 3.8) is 0 Å². The van der Waals surface area contributed by atoms with Crippen LogP contribution in [0.5, 0.6) is 0 Å². The Morgan fingerprint density at radius 3 is 2.85 bits per heavy atom. The van der Waals surface area contributed by atoms with Gasteiger partial charge in [0.15, 0.2) is 5.69 Å². The van der Waals surface area contributed by atoms with Gasteiger partial charge in [0.2, 0.25) is 0 Å². The van der Waals surface area contributed by atoms with Crippen LogP contribution >= 0.6 is 0 Å². The zero-order chi connectivity index (χ0) is 9.84. The lowest BCUT2D eigenvalue weighted by Gasteiger charge is -1.95. The first kappa shape index (κ1) is 9.50. The molecule has 1 heterocycles. The topological polar surface area (TPSA) is 86.9 Å². The number of amides is 1. The first-order valence-corrected chi connectivity index (χ1v) is 3.84. The SMILES string of the molecule is NC(=O)c1nn(CCCF)cc1N. The highest BCUT2D eigenvalue weighted by atomic mass is 19.1. The molecule has 5 nitrogen and oxygen atoms in total. The molecule has 0 bridgehead atoms. The lowest BCUT2D eigenvalue weighted by atomic mass is 10.4. The third-order valence-corrected chi connectivity index (χ3v) is 1.54. The maximum absolute atomic E-state index is 11.8. The maximum atomic E-state index is 11.8. The van der Waals surface area contributed by atoms with Gasteiger partial charge in [0.25, 0.3) is 5.91 Å². The van der Waals surface area contributed by atoms with Gasteiger partial charge in [0.05, 0.1) is 12.4 Å². The quantitative estimate of drug-likeness (QED) is 0.689. The predicted molar refractivity (Wildman–Crippen MR) is 45.7 cm³/mol. The van der Waals surface area contributed by atoms with Gasteiger partial charge in [-0.25, -0.2) is 0 Å².